The highest BCUT2D eigenvalue weighted by Crippen LogP contribution is 2.41. The Bertz CT molecular complexity index is 718. The number of carbonyl (C=O) groups excluding carboxylic acids is 1. The number of amides is 1. The van der Waals surface area contributed by atoms with E-state index < -0.39 is 24.1 Å². The van der Waals surface area contributed by atoms with E-state index in [9.17, 15) is 18.0 Å². The van der Waals surface area contributed by atoms with Crippen LogP contribution in [0.5, 0.6) is 0 Å². The minimum atomic E-state index is -4.80. The molecule has 0 aliphatic carbocycles. The number of hydrogen-bond acceptors (Lipinski definition) is 4. The molecule has 2 fully saturated rings. The highest BCUT2D eigenvalue weighted by atomic mass is 19.4. The molecule has 2 saturated heterocycles. The van der Waals surface area contributed by atoms with E-state index in [2.05, 4.69) is 10.2 Å². The zero-order valence-electron chi connectivity index (χ0n) is 17.0. The first-order valence-corrected chi connectivity index (χ1v) is 10.4. The minimum absolute atomic E-state index is 0.0981. The zero-order chi connectivity index (χ0) is 21.5. The van der Waals surface area contributed by atoms with Gasteiger partial charge in [0.2, 0.25) is 5.60 Å². The first kappa shape index (κ1) is 22.8. The number of morpholine rings is 1. The van der Waals surface area contributed by atoms with Gasteiger partial charge >= 0.3 is 6.18 Å². The molecule has 2 heterocycles. The average Bonchev–Trinajstić information content (AvgIpc) is 2.97. The number of rotatable bonds is 6. The number of hydrogen-bond donors (Lipinski definition) is 1. The lowest BCUT2D eigenvalue weighted by molar-refractivity contribution is -0.265. The van der Waals surface area contributed by atoms with Crippen LogP contribution in [0.4, 0.5) is 13.2 Å². The summed E-state index contributed by atoms with van der Waals surface area (Å²) < 4.78 is 52.8. The number of alkyl halides is 3. The molecular formula is C22H29F3N2O3. The van der Waals surface area contributed by atoms with E-state index in [-0.39, 0.29) is 13.2 Å². The van der Waals surface area contributed by atoms with Crippen LogP contribution in [-0.2, 0) is 20.7 Å². The van der Waals surface area contributed by atoms with Crippen molar-refractivity contribution in [3.05, 3.63) is 47.5 Å². The van der Waals surface area contributed by atoms with Gasteiger partial charge in [0, 0.05) is 39.2 Å². The van der Waals surface area contributed by atoms with E-state index in [1.54, 1.807) is 0 Å². The summed E-state index contributed by atoms with van der Waals surface area (Å²) in [6.45, 7) is 3.15. The number of benzene rings is 1. The van der Waals surface area contributed by atoms with Crippen molar-refractivity contribution in [2.75, 3.05) is 46.0 Å². The van der Waals surface area contributed by atoms with Crippen LogP contribution in [0.3, 0.4) is 0 Å². The molecule has 166 valence electrons. The molecule has 0 spiro atoms. The smallest absolute Gasteiger partial charge is 0.379 e. The molecule has 0 radical (unpaired) electrons. The van der Waals surface area contributed by atoms with Crippen LogP contribution in [0.1, 0.15) is 24.8 Å². The summed E-state index contributed by atoms with van der Waals surface area (Å²) in [5.41, 5.74) is -1.21. The first-order valence-electron chi connectivity index (χ1n) is 10.4. The Hall–Kier alpha value is -1.90. The molecule has 2 aliphatic rings. The summed E-state index contributed by atoms with van der Waals surface area (Å²) in [6.07, 6.45) is -1.97. The van der Waals surface area contributed by atoms with Gasteiger partial charge in [-0.05, 0) is 24.8 Å². The molecule has 1 amide bonds. The van der Waals surface area contributed by atoms with E-state index in [1.165, 1.54) is 0 Å². The summed E-state index contributed by atoms with van der Waals surface area (Å²) in [5.74, 6) is -1.10. The topological polar surface area (TPSA) is 50.8 Å². The number of carbonyl (C=O) groups is 1. The SMILES string of the molecule is O=C(NCCN1CCOCC1)C1(C(F)(F)F)C/C(=C\Cc2ccccc2)CCCO1. The largest absolute Gasteiger partial charge is 0.426 e. The molecule has 1 aromatic carbocycles. The Balaban J connectivity index is 1.69. The highest BCUT2D eigenvalue weighted by molar-refractivity contribution is 5.86. The van der Waals surface area contributed by atoms with Crippen LogP contribution in [0.2, 0.25) is 0 Å². The van der Waals surface area contributed by atoms with Crippen molar-refractivity contribution in [3.63, 3.8) is 0 Å². The fourth-order valence-corrected chi connectivity index (χ4v) is 3.81. The molecule has 0 aromatic heterocycles. The van der Waals surface area contributed by atoms with Crippen LogP contribution in [-0.4, -0.2) is 68.6 Å². The Morgan fingerprint density at radius 3 is 2.60 bits per heavy atom. The molecule has 1 atom stereocenters. The van der Waals surface area contributed by atoms with Crippen molar-refractivity contribution in [1.82, 2.24) is 10.2 Å². The molecule has 0 saturated carbocycles. The normalized spacial score (nSPS) is 25.1. The lowest BCUT2D eigenvalue weighted by Gasteiger charge is -2.34. The second-order valence-electron chi connectivity index (χ2n) is 7.72. The predicted molar refractivity (Wildman–Crippen MR) is 107 cm³/mol. The quantitative estimate of drug-likeness (QED) is 0.711. The Morgan fingerprint density at radius 2 is 1.90 bits per heavy atom. The lowest BCUT2D eigenvalue weighted by Crippen LogP contribution is -2.59. The van der Waals surface area contributed by atoms with E-state index in [1.807, 2.05) is 36.4 Å². The van der Waals surface area contributed by atoms with Crippen LogP contribution in [0.15, 0.2) is 42.0 Å². The summed E-state index contributed by atoms with van der Waals surface area (Å²) in [5, 5.41) is 2.48. The Kier molecular flexibility index (Phi) is 7.91. The van der Waals surface area contributed by atoms with Crippen molar-refractivity contribution in [1.29, 1.82) is 0 Å². The van der Waals surface area contributed by atoms with Gasteiger partial charge in [-0.1, -0.05) is 42.0 Å². The number of nitrogens with zero attached hydrogens (tertiary/aromatic N) is 1. The first-order chi connectivity index (χ1) is 14.4. The van der Waals surface area contributed by atoms with Gasteiger partial charge in [-0.2, -0.15) is 13.2 Å². The van der Waals surface area contributed by atoms with Crippen molar-refractivity contribution >= 4 is 5.91 Å². The van der Waals surface area contributed by atoms with Gasteiger partial charge in [-0.3, -0.25) is 9.69 Å². The summed E-state index contributed by atoms with van der Waals surface area (Å²) in [6, 6.07) is 9.54. The summed E-state index contributed by atoms with van der Waals surface area (Å²) >= 11 is 0. The van der Waals surface area contributed by atoms with E-state index in [4.69, 9.17) is 9.47 Å². The van der Waals surface area contributed by atoms with Gasteiger partial charge in [0.1, 0.15) is 0 Å². The van der Waals surface area contributed by atoms with Gasteiger partial charge in [0.05, 0.1) is 13.2 Å². The lowest BCUT2D eigenvalue weighted by atomic mass is 9.90. The minimum Gasteiger partial charge on any atom is -0.379 e. The van der Waals surface area contributed by atoms with Crippen molar-refractivity contribution in [2.24, 2.45) is 0 Å². The van der Waals surface area contributed by atoms with E-state index >= 15 is 0 Å². The molecule has 30 heavy (non-hydrogen) atoms. The second-order valence-corrected chi connectivity index (χ2v) is 7.72. The standard InChI is InChI=1S/C22H29F3N2O3/c23-22(24,25)21(20(28)26-10-11-27-12-15-29-16-13-27)17-19(7-4-14-30-21)9-8-18-5-2-1-3-6-18/h1-3,5-6,9H,4,7-8,10-17H2,(H,26,28)/b19-9-. The molecular weight excluding hydrogens is 397 g/mol. The van der Waals surface area contributed by atoms with Gasteiger partial charge < -0.3 is 14.8 Å². The molecule has 0 bridgehead atoms. The molecule has 5 nitrogen and oxygen atoms in total. The van der Waals surface area contributed by atoms with Crippen LogP contribution in [0, 0.1) is 0 Å². The number of halogens is 3. The molecule has 3 rings (SSSR count). The average molecular weight is 426 g/mol. The maximum absolute atomic E-state index is 14.1. The third-order valence-corrected chi connectivity index (χ3v) is 5.58. The number of nitrogens with one attached hydrogen (secondary N) is 1. The number of ether oxygens (including phenoxy) is 2. The molecule has 8 heteroatoms. The fourth-order valence-electron chi connectivity index (χ4n) is 3.81. The van der Waals surface area contributed by atoms with Gasteiger partial charge in [0.25, 0.3) is 5.91 Å². The molecule has 1 aromatic rings. The van der Waals surface area contributed by atoms with Crippen molar-refractivity contribution in [2.45, 2.75) is 37.5 Å². The maximum Gasteiger partial charge on any atom is 0.426 e. The molecule has 1 unspecified atom stereocenters. The zero-order valence-corrected chi connectivity index (χ0v) is 17.0. The monoisotopic (exact) mass is 426 g/mol. The van der Waals surface area contributed by atoms with Crippen LogP contribution >= 0.6 is 0 Å². The van der Waals surface area contributed by atoms with E-state index in [0.29, 0.717) is 57.7 Å². The van der Waals surface area contributed by atoms with Crippen molar-refractivity contribution in [3.8, 4) is 0 Å². The fraction of sp³-hybridized carbons (Fsp3) is 0.591. The molecule has 2 aliphatic heterocycles. The van der Waals surface area contributed by atoms with Crippen LogP contribution < -0.4 is 5.32 Å². The Labute approximate surface area is 175 Å². The summed E-state index contributed by atoms with van der Waals surface area (Å²) in [7, 11) is 0. The van der Waals surface area contributed by atoms with Gasteiger partial charge in [-0.15, -0.1) is 0 Å². The van der Waals surface area contributed by atoms with Gasteiger partial charge in [-0.25, -0.2) is 0 Å². The predicted octanol–water partition coefficient (Wildman–Crippen LogP) is 3.11. The van der Waals surface area contributed by atoms with Gasteiger partial charge in [0.15, 0.2) is 0 Å². The summed E-state index contributed by atoms with van der Waals surface area (Å²) in [4.78, 5) is 14.8. The molecule has 1 N–H and O–H groups in total. The second kappa shape index (κ2) is 10.4. The third-order valence-electron chi connectivity index (χ3n) is 5.58. The van der Waals surface area contributed by atoms with Crippen molar-refractivity contribution < 1.29 is 27.4 Å². The highest BCUT2D eigenvalue weighted by Gasteiger charge is 2.62. The third kappa shape index (κ3) is 5.83. The maximum atomic E-state index is 14.1. The number of allylic oxidation sites excluding steroid dienone is 1. The van der Waals surface area contributed by atoms with E-state index in [0.717, 1.165) is 5.56 Å². The van der Waals surface area contributed by atoms with Crippen LogP contribution in [0.25, 0.3) is 0 Å². The Morgan fingerprint density at radius 1 is 1.17 bits per heavy atom.